The molecule has 33 heavy (non-hydrogen) atoms. The van der Waals surface area contributed by atoms with Crippen LogP contribution in [0.5, 0.6) is 5.75 Å². The van der Waals surface area contributed by atoms with Gasteiger partial charge in [-0.3, -0.25) is 0 Å². The number of hydrogen-bond donors (Lipinski definition) is 1. The van der Waals surface area contributed by atoms with Crippen LogP contribution in [0.3, 0.4) is 0 Å². The molecule has 5 nitrogen and oxygen atoms in total. The molecule has 0 amide bonds. The van der Waals surface area contributed by atoms with Crippen LogP contribution in [0.2, 0.25) is 0 Å². The predicted octanol–water partition coefficient (Wildman–Crippen LogP) is 5.32. The average Bonchev–Trinajstić information content (AvgIpc) is 3.23. The van der Waals surface area contributed by atoms with Crippen LogP contribution >= 0.6 is 0 Å². The highest BCUT2D eigenvalue weighted by Gasteiger charge is 2.45. The fraction of sp³-hybridized carbons (Fsp3) is 0.280. The van der Waals surface area contributed by atoms with Crippen molar-refractivity contribution in [2.24, 2.45) is 0 Å². The van der Waals surface area contributed by atoms with E-state index in [0.29, 0.717) is 22.3 Å². The second-order valence-electron chi connectivity index (χ2n) is 8.20. The highest BCUT2D eigenvalue weighted by molar-refractivity contribution is 5.78. The molecule has 0 bridgehead atoms. The molecule has 2 aliphatic rings. The molecule has 2 aromatic carbocycles. The molecule has 1 spiro atoms. The number of nitrogens with one attached hydrogen (secondary N) is 1. The summed E-state index contributed by atoms with van der Waals surface area (Å²) in [4.78, 5) is 8.02. The summed E-state index contributed by atoms with van der Waals surface area (Å²) >= 11 is 0. The first-order chi connectivity index (χ1) is 15.9. The lowest BCUT2D eigenvalue weighted by Crippen LogP contribution is -2.47. The maximum absolute atomic E-state index is 13.2. The molecule has 3 aromatic rings. The van der Waals surface area contributed by atoms with Crippen molar-refractivity contribution in [2.45, 2.75) is 30.8 Å². The van der Waals surface area contributed by atoms with E-state index in [4.69, 9.17) is 4.74 Å². The van der Waals surface area contributed by atoms with E-state index in [-0.39, 0.29) is 18.4 Å². The van der Waals surface area contributed by atoms with E-state index >= 15 is 0 Å². The molecule has 0 unspecified atom stereocenters. The normalized spacial score (nSPS) is 22.9. The molecular formula is C25H22F3N3O2. The smallest absolute Gasteiger partial charge is 0.405 e. The van der Waals surface area contributed by atoms with Crippen molar-refractivity contribution in [3.8, 4) is 16.9 Å². The number of ether oxygens (including phenoxy) is 2. The van der Waals surface area contributed by atoms with Gasteiger partial charge in [0.15, 0.2) is 0 Å². The topological polar surface area (TPSA) is 56.3 Å². The Balaban J connectivity index is 1.58. The zero-order chi connectivity index (χ0) is 22.9. The number of benzene rings is 2. The van der Waals surface area contributed by atoms with Gasteiger partial charge in [-0.25, -0.2) is 9.97 Å². The first kappa shape index (κ1) is 21.6. The first-order valence-corrected chi connectivity index (χ1v) is 10.7. The van der Waals surface area contributed by atoms with Gasteiger partial charge in [0.2, 0.25) is 0 Å². The minimum absolute atomic E-state index is 0.0948. The maximum atomic E-state index is 13.2. The minimum Gasteiger partial charge on any atom is -0.405 e. The molecule has 8 heteroatoms. The lowest BCUT2D eigenvalue weighted by atomic mass is 9.81. The van der Waals surface area contributed by atoms with E-state index in [1.165, 1.54) is 12.4 Å². The number of aromatic nitrogens is 2. The van der Waals surface area contributed by atoms with E-state index in [9.17, 15) is 13.2 Å². The Morgan fingerprint density at radius 3 is 2.58 bits per heavy atom. The second kappa shape index (κ2) is 8.61. The van der Waals surface area contributed by atoms with Gasteiger partial charge < -0.3 is 14.8 Å². The van der Waals surface area contributed by atoms with Crippen molar-refractivity contribution in [1.29, 1.82) is 0 Å². The van der Waals surface area contributed by atoms with Gasteiger partial charge in [0.05, 0.1) is 12.6 Å². The Kier molecular flexibility index (Phi) is 5.64. The fourth-order valence-electron chi connectivity index (χ4n) is 4.65. The lowest BCUT2D eigenvalue weighted by Gasteiger charge is -2.40. The third-order valence-corrected chi connectivity index (χ3v) is 6.07. The van der Waals surface area contributed by atoms with Crippen molar-refractivity contribution in [3.05, 3.63) is 84.5 Å². The Hall–Kier alpha value is -3.23. The van der Waals surface area contributed by atoms with Crippen molar-refractivity contribution in [3.63, 3.8) is 0 Å². The van der Waals surface area contributed by atoms with Crippen molar-refractivity contribution in [2.75, 3.05) is 13.2 Å². The molecule has 1 fully saturated rings. The predicted molar refractivity (Wildman–Crippen MR) is 117 cm³/mol. The molecule has 3 heterocycles. The average molecular weight is 453 g/mol. The Morgan fingerprint density at radius 2 is 1.82 bits per heavy atom. The summed E-state index contributed by atoms with van der Waals surface area (Å²) in [7, 11) is 0. The van der Waals surface area contributed by atoms with Crippen LogP contribution in [-0.4, -0.2) is 35.1 Å². The van der Waals surface area contributed by atoms with Gasteiger partial charge in [-0.1, -0.05) is 36.4 Å². The molecule has 170 valence electrons. The van der Waals surface area contributed by atoms with Crippen LogP contribution in [0.4, 0.5) is 13.2 Å². The Bertz CT molecular complexity index is 1150. The monoisotopic (exact) mass is 453 g/mol. The molecular weight excluding hydrogens is 431 g/mol. The van der Waals surface area contributed by atoms with Crippen LogP contribution in [-0.2, 0) is 4.74 Å². The van der Waals surface area contributed by atoms with Gasteiger partial charge in [-0.05, 0) is 54.3 Å². The van der Waals surface area contributed by atoms with Crippen LogP contribution in [0, 0.1) is 0 Å². The summed E-state index contributed by atoms with van der Waals surface area (Å²) in [5.41, 5.74) is 2.85. The SMILES string of the molecule is FC(F)(F)Oc1ccc(-c2cncnc2)cc1C1=C[C@@]2(CCCN[C@H]2c2ccccc2)OC1. The lowest BCUT2D eigenvalue weighted by molar-refractivity contribution is -0.274. The largest absolute Gasteiger partial charge is 0.573 e. The van der Waals surface area contributed by atoms with Crippen LogP contribution in [0.15, 0.2) is 73.3 Å². The Labute approximate surface area is 189 Å². The van der Waals surface area contributed by atoms with Gasteiger partial charge in [0.1, 0.15) is 17.7 Å². The molecule has 2 aliphatic heterocycles. The van der Waals surface area contributed by atoms with Crippen LogP contribution < -0.4 is 10.1 Å². The van der Waals surface area contributed by atoms with Gasteiger partial charge in [0, 0.05) is 23.5 Å². The molecule has 0 saturated carbocycles. The molecule has 0 radical (unpaired) electrons. The highest BCUT2D eigenvalue weighted by Crippen LogP contribution is 2.46. The number of hydrogen-bond acceptors (Lipinski definition) is 5. The van der Waals surface area contributed by atoms with E-state index in [1.54, 1.807) is 24.5 Å². The van der Waals surface area contributed by atoms with Gasteiger partial charge in [-0.15, -0.1) is 13.2 Å². The number of rotatable bonds is 4. The Morgan fingerprint density at radius 1 is 1.03 bits per heavy atom. The third kappa shape index (κ3) is 4.49. The molecule has 0 aliphatic carbocycles. The highest BCUT2D eigenvalue weighted by atomic mass is 19.4. The summed E-state index contributed by atoms with van der Waals surface area (Å²) in [5, 5.41) is 3.53. The maximum Gasteiger partial charge on any atom is 0.573 e. The summed E-state index contributed by atoms with van der Waals surface area (Å²) in [6, 6.07) is 14.5. The number of piperidine rings is 1. The van der Waals surface area contributed by atoms with Crippen molar-refractivity contribution in [1.82, 2.24) is 15.3 Å². The standard InChI is InChI=1S/C25H22F3N3O2/c26-25(27,28)33-22-8-7-18(20-13-29-16-30-14-20)11-21(22)19-12-24(32-15-19)9-4-10-31-23(24)17-5-2-1-3-6-17/h1-3,5-8,11-14,16,23,31H,4,9-10,15H2/t23-,24+/m0/s1. The number of nitrogens with zero attached hydrogens (tertiary/aromatic N) is 2. The minimum atomic E-state index is -4.80. The number of alkyl halides is 3. The van der Waals surface area contributed by atoms with Gasteiger partial charge >= 0.3 is 6.36 Å². The van der Waals surface area contributed by atoms with E-state index < -0.39 is 12.0 Å². The van der Waals surface area contributed by atoms with E-state index in [0.717, 1.165) is 24.9 Å². The summed E-state index contributed by atoms with van der Waals surface area (Å²) in [6.45, 7) is 1.04. The third-order valence-electron chi connectivity index (χ3n) is 6.07. The summed E-state index contributed by atoms with van der Waals surface area (Å²) < 4.78 is 50.2. The van der Waals surface area contributed by atoms with Crippen LogP contribution in [0.1, 0.15) is 30.0 Å². The van der Waals surface area contributed by atoms with Gasteiger partial charge in [-0.2, -0.15) is 0 Å². The molecule has 1 aromatic heterocycles. The van der Waals surface area contributed by atoms with Gasteiger partial charge in [0.25, 0.3) is 0 Å². The molecule has 5 rings (SSSR count). The van der Waals surface area contributed by atoms with Crippen LogP contribution in [0.25, 0.3) is 16.7 Å². The second-order valence-corrected chi connectivity index (χ2v) is 8.20. The molecule has 2 atom stereocenters. The van der Waals surface area contributed by atoms with Crippen molar-refractivity contribution >= 4 is 5.57 Å². The quantitative estimate of drug-likeness (QED) is 0.580. The van der Waals surface area contributed by atoms with E-state index in [2.05, 4.69) is 20.0 Å². The van der Waals surface area contributed by atoms with E-state index in [1.807, 2.05) is 36.4 Å². The zero-order valence-corrected chi connectivity index (χ0v) is 17.7. The number of halogens is 3. The molecule has 1 saturated heterocycles. The summed E-state index contributed by atoms with van der Waals surface area (Å²) in [5.74, 6) is -0.255. The fourth-order valence-corrected chi connectivity index (χ4v) is 4.65. The molecule has 1 N–H and O–H groups in total. The first-order valence-electron chi connectivity index (χ1n) is 10.7. The van der Waals surface area contributed by atoms with Crippen molar-refractivity contribution < 1.29 is 22.6 Å². The zero-order valence-electron chi connectivity index (χ0n) is 17.7. The summed E-state index contributed by atoms with van der Waals surface area (Å²) in [6.07, 6.45) is 3.49.